The Labute approximate surface area is 53.9 Å². The molecule has 0 amide bonds. The number of hydrogen-bond acceptors (Lipinski definition) is 3. The van der Waals surface area contributed by atoms with Crippen LogP contribution in [0.5, 0.6) is 0 Å². The van der Waals surface area contributed by atoms with Gasteiger partial charge in [-0.1, -0.05) is 0 Å². The maximum absolute atomic E-state index is 10.4. The Kier molecular flexibility index (Phi) is 1.15. The molecule has 1 aliphatic rings. The average Bonchev–Trinajstić information content (AvgIpc) is 1.79. The Morgan fingerprint density at radius 3 is 2.22 bits per heavy atom. The zero-order valence-electron chi connectivity index (χ0n) is 5.80. The van der Waals surface area contributed by atoms with Crippen molar-refractivity contribution in [3.8, 4) is 0 Å². The van der Waals surface area contributed by atoms with Gasteiger partial charge in [0.25, 0.3) is 0 Å². The van der Waals surface area contributed by atoms with E-state index < -0.39 is 11.8 Å². The number of cyclic esters (lactones) is 2. The maximum Gasteiger partial charge on any atom is 0.509 e. The van der Waals surface area contributed by atoms with Crippen LogP contribution in [0.3, 0.4) is 0 Å². The van der Waals surface area contributed by atoms with E-state index in [9.17, 15) is 4.79 Å². The highest BCUT2D eigenvalue weighted by molar-refractivity contribution is 5.63. The molecule has 0 unspecified atom stereocenters. The molecular formula is C6H10O3. The molecule has 1 rings (SSSR count). The van der Waals surface area contributed by atoms with Gasteiger partial charge in [0.2, 0.25) is 0 Å². The highest BCUT2D eigenvalue weighted by Crippen LogP contribution is 2.25. The van der Waals surface area contributed by atoms with E-state index in [1.807, 2.05) is 20.8 Å². The van der Waals surface area contributed by atoms with Crippen LogP contribution >= 0.6 is 0 Å². The van der Waals surface area contributed by atoms with E-state index in [-0.39, 0.29) is 6.10 Å². The molecule has 0 aromatic heterocycles. The lowest BCUT2D eigenvalue weighted by molar-refractivity contribution is 0.0703. The molecule has 0 aromatic carbocycles. The minimum atomic E-state index is -0.563. The Morgan fingerprint density at radius 1 is 1.56 bits per heavy atom. The van der Waals surface area contributed by atoms with E-state index in [1.165, 1.54) is 0 Å². The smallest absolute Gasteiger partial charge is 0.427 e. The molecule has 1 saturated heterocycles. The summed E-state index contributed by atoms with van der Waals surface area (Å²) < 4.78 is 9.52. The topological polar surface area (TPSA) is 35.5 Å². The van der Waals surface area contributed by atoms with Crippen LogP contribution < -0.4 is 0 Å². The second-order valence-corrected chi connectivity index (χ2v) is 2.72. The normalized spacial score (nSPS) is 31.4. The molecule has 0 bridgehead atoms. The zero-order chi connectivity index (χ0) is 7.07. The molecule has 1 atom stereocenters. The summed E-state index contributed by atoms with van der Waals surface area (Å²) in [6, 6.07) is 0. The largest absolute Gasteiger partial charge is 0.509 e. The third kappa shape index (κ3) is 0.992. The van der Waals surface area contributed by atoms with E-state index in [0.717, 1.165) is 0 Å². The molecule has 52 valence electrons. The Bertz CT molecular complexity index is 139. The third-order valence-corrected chi connectivity index (χ3v) is 1.60. The van der Waals surface area contributed by atoms with Gasteiger partial charge in [0.1, 0.15) is 11.7 Å². The Hall–Kier alpha value is -0.730. The first kappa shape index (κ1) is 6.39. The molecule has 3 heteroatoms. The summed E-state index contributed by atoms with van der Waals surface area (Å²) in [5.41, 5.74) is -0.447. The molecule has 1 heterocycles. The summed E-state index contributed by atoms with van der Waals surface area (Å²) in [5, 5.41) is 0. The van der Waals surface area contributed by atoms with Gasteiger partial charge >= 0.3 is 6.16 Å². The molecule has 0 radical (unpaired) electrons. The second kappa shape index (κ2) is 1.62. The molecule has 1 aliphatic heterocycles. The van der Waals surface area contributed by atoms with E-state index in [1.54, 1.807) is 0 Å². The van der Waals surface area contributed by atoms with Crippen molar-refractivity contribution in [2.45, 2.75) is 32.5 Å². The quantitative estimate of drug-likeness (QED) is 0.464. The van der Waals surface area contributed by atoms with Crippen molar-refractivity contribution < 1.29 is 14.3 Å². The minimum Gasteiger partial charge on any atom is -0.427 e. The fraction of sp³-hybridized carbons (Fsp3) is 0.833. The Balaban J connectivity index is 2.69. The van der Waals surface area contributed by atoms with Crippen molar-refractivity contribution in [2.75, 3.05) is 0 Å². The average molecular weight is 130 g/mol. The monoisotopic (exact) mass is 130 g/mol. The predicted molar refractivity (Wildman–Crippen MR) is 31.1 cm³/mol. The molecule has 1 fully saturated rings. The van der Waals surface area contributed by atoms with E-state index >= 15 is 0 Å². The minimum absolute atomic E-state index is 0.134. The first-order valence-electron chi connectivity index (χ1n) is 2.92. The van der Waals surface area contributed by atoms with Crippen molar-refractivity contribution in [3.05, 3.63) is 0 Å². The summed E-state index contributed by atoms with van der Waals surface area (Å²) in [7, 11) is 0. The van der Waals surface area contributed by atoms with Crippen molar-refractivity contribution in [3.63, 3.8) is 0 Å². The standard InChI is InChI=1S/C6H10O3/c1-4-6(2,3)9-5(7)8-4/h4H,1-3H3/t4-/m1/s1. The molecule has 0 aliphatic carbocycles. The van der Waals surface area contributed by atoms with E-state index in [0.29, 0.717) is 0 Å². The van der Waals surface area contributed by atoms with Crippen molar-refractivity contribution in [2.24, 2.45) is 0 Å². The van der Waals surface area contributed by atoms with Gasteiger partial charge in [0.15, 0.2) is 0 Å². The van der Waals surface area contributed by atoms with Crippen LogP contribution in [-0.4, -0.2) is 17.9 Å². The van der Waals surface area contributed by atoms with Gasteiger partial charge in [0.05, 0.1) is 0 Å². The maximum atomic E-state index is 10.4. The highest BCUT2D eigenvalue weighted by atomic mass is 16.8. The Morgan fingerprint density at radius 2 is 2.11 bits per heavy atom. The molecule has 0 aromatic rings. The van der Waals surface area contributed by atoms with Gasteiger partial charge in [-0.2, -0.15) is 0 Å². The molecule has 0 spiro atoms. The lowest BCUT2D eigenvalue weighted by atomic mass is 10.0. The summed E-state index contributed by atoms with van der Waals surface area (Å²) >= 11 is 0. The molecule has 0 saturated carbocycles. The number of hydrogen-bond donors (Lipinski definition) is 0. The number of carbonyl (C=O) groups excluding carboxylic acids is 1. The summed E-state index contributed by atoms with van der Waals surface area (Å²) in [4.78, 5) is 10.4. The van der Waals surface area contributed by atoms with Gasteiger partial charge in [0, 0.05) is 0 Å². The molecule has 3 nitrogen and oxygen atoms in total. The summed E-state index contributed by atoms with van der Waals surface area (Å²) in [6.45, 7) is 5.45. The van der Waals surface area contributed by atoms with Crippen molar-refractivity contribution >= 4 is 6.16 Å². The SMILES string of the molecule is C[C@H]1OC(=O)OC1(C)C. The van der Waals surface area contributed by atoms with Crippen LogP contribution in [0.2, 0.25) is 0 Å². The zero-order valence-corrected chi connectivity index (χ0v) is 5.80. The fourth-order valence-corrected chi connectivity index (χ4v) is 0.608. The van der Waals surface area contributed by atoms with E-state index in [2.05, 4.69) is 0 Å². The first-order chi connectivity index (χ1) is 4.02. The van der Waals surface area contributed by atoms with Crippen LogP contribution in [0, 0.1) is 0 Å². The molecule has 9 heavy (non-hydrogen) atoms. The van der Waals surface area contributed by atoms with Crippen LogP contribution in [0.4, 0.5) is 4.79 Å². The number of ether oxygens (including phenoxy) is 2. The van der Waals surface area contributed by atoms with Gasteiger partial charge in [-0.05, 0) is 20.8 Å². The van der Waals surface area contributed by atoms with Gasteiger partial charge in [-0.3, -0.25) is 0 Å². The lowest BCUT2D eigenvalue weighted by Gasteiger charge is -2.16. The van der Waals surface area contributed by atoms with Crippen molar-refractivity contribution in [1.29, 1.82) is 0 Å². The van der Waals surface area contributed by atoms with E-state index in [4.69, 9.17) is 9.47 Å². The third-order valence-electron chi connectivity index (χ3n) is 1.60. The van der Waals surface area contributed by atoms with Gasteiger partial charge in [-0.15, -0.1) is 0 Å². The number of carbonyl (C=O) groups is 1. The van der Waals surface area contributed by atoms with Gasteiger partial charge in [-0.25, -0.2) is 4.79 Å². The lowest BCUT2D eigenvalue weighted by Crippen LogP contribution is -2.29. The highest BCUT2D eigenvalue weighted by Gasteiger charge is 2.40. The number of rotatable bonds is 0. The first-order valence-corrected chi connectivity index (χ1v) is 2.92. The van der Waals surface area contributed by atoms with Crippen LogP contribution in [0.1, 0.15) is 20.8 Å². The van der Waals surface area contributed by atoms with Crippen molar-refractivity contribution in [1.82, 2.24) is 0 Å². The fourth-order valence-electron chi connectivity index (χ4n) is 0.608. The van der Waals surface area contributed by atoms with Crippen LogP contribution in [-0.2, 0) is 9.47 Å². The molecular weight excluding hydrogens is 120 g/mol. The van der Waals surface area contributed by atoms with Crippen LogP contribution in [0.15, 0.2) is 0 Å². The van der Waals surface area contributed by atoms with Crippen LogP contribution in [0.25, 0.3) is 0 Å². The summed E-state index contributed by atoms with van der Waals surface area (Å²) in [5.74, 6) is 0. The molecule has 0 N–H and O–H groups in total. The predicted octanol–water partition coefficient (Wildman–Crippen LogP) is 1.32. The van der Waals surface area contributed by atoms with Gasteiger partial charge < -0.3 is 9.47 Å². The summed E-state index contributed by atoms with van der Waals surface area (Å²) in [6.07, 6.45) is -0.697. The second-order valence-electron chi connectivity index (χ2n) is 2.72.